The molecule has 0 amide bonds. The number of nitro groups is 1. The predicted octanol–water partition coefficient (Wildman–Crippen LogP) is 6.43. The van der Waals surface area contributed by atoms with Crippen LogP contribution in [0, 0.1) is 10.1 Å². The lowest BCUT2D eigenvalue weighted by Crippen LogP contribution is -2.39. The van der Waals surface area contributed by atoms with Gasteiger partial charge in [0.2, 0.25) is 11.6 Å². The predicted molar refractivity (Wildman–Crippen MR) is 146 cm³/mol. The van der Waals surface area contributed by atoms with Crippen LogP contribution in [0.25, 0.3) is 0 Å². The summed E-state index contributed by atoms with van der Waals surface area (Å²) in [7, 11) is 0. The Morgan fingerprint density at radius 1 is 0.927 bits per heavy atom. The van der Waals surface area contributed by atoms with Crippen molar-refractivity contribution in [3.8, 4) is 5.75 Å². The van der Waals surface area contributed by atoms with Gasteiger partial charge in [-0.05, 0) is 36.4 Å². The van der Waals surface area contributed by atoms with E-state index in [4.69, 9.17) is 4.74 Å². The lowest BCUT2D eigenvalue weighted by molar-refractivity contribution is -0.383. The molecule has 1 aliphatic heterocycles. The van der Waals surface area contributed by atoms with Crippen LogP contribution in [0.3, 0.4) is 0 Å². The van der Waals surface area contributed by atoms with Gasteiger partial charge in [-0.15, -0.1) is 0 Å². The SMILES string of the molecule is O=C(c1ccccc1)c1ccc(Nc2ncnc(N3CCC(Oc4ccccc4C(F)(F)F)CC3)c2[N+](=O)[O-])cc1. The maximum Gasteiger partial charge on any atom is 0.419 e. The van der Waals surface area contributed by atoms with Crippen LogP contribution in [0.2, 0.25) is 0 Å². The fourth-order valence-corrected chi connectivity index (χ4v) is 4.63. The number of ether oxygens (including phenoxy) is 1. The number of benzene rings is 3. The van der Waals surface area contributed by atoms with E-state index in [0.29, 0.717) is 29.7 Å². The van der Waals surface area contributed by atoms with E-state index in [0.717, 1.165) is 6.07 Å². The summed E-state index contributed by atoms with van der Waals surface area (Å²) in [6, 6.07) is 20.3. The van der Waals surface area contributed by atoms with Gasteiger partial charge in [0.15, 0.2) is 5.78 Å². The summed E-state index contributed by atoms with van der Waals surface area (Å²) in [5.74, 6) is -0.326. The van der Waals surface area contributed by atoms with E-state index in [2.05, 4.69) is 15.3 Å². The molecule has 210 valence electrons. The van der Waals surface area contributed by atoms with E-state index in [1.807, 2.05) is 6.07 Å². The van der Waals surface area contributed by atoms with Gasteiger partial charge in [-0.2, -0.15) is 13.2 Å². The molecule has 2 heterocycles. The summed E-state index contributed by atoms with van der Waals surface area (Å²) in [4.78, 5) is 34.1. The molecule has 0 unspecified atom stereocenters. The van der Waals surface area contributed by atoms with Crippen molar-refractivity contribution in [3.63, 3.8) is 0 Å². The molecule has 0 spiro atoms. The van der Waals surface area contributed by atoms with Crippen LogP contribution in [0.4, 0.5) is 36.2 Å². The van der Waals surface area contributed by atoms with Crippen molar-refractivity contribution in [1.82, 2.24) is 9.97 Å². The molecule has 12 heteroatoms. The number of halogens is 3. The molecule has 1 saturated heterocycles. The van der Waals surface area contributed by atoms with E-state index in [1.54, 1.807) is 53.4 Å². The fraction of sp³-hybridized carbons (Fsp3) is 0.207. The van der Waals surface area contributed by atoms with Gasteiger partial charge in [0.25, 0.3) is 0 Å². The highest BCUT2D eigenvalue weighted by molar-refractivity contribution is 6.09. The quantitative estimate of drug-likeness (QED) is 0.148. The normalized spacial score (nSPS) is 14.0. The number of hydrogen-bond acceptors (Lipinski definition) is 8. The third-order valence-electron chi connectivity index (χ3n) is 6.66. The first-order valence-corrected chi connectivity index (χ1v) is 12.7. The lowest BCUT2D eigenvalue weighted by atomic mass is 10.0. The molecular formula is C29H24F3N5O4. The first-order valence-electron chi connectivity index (χ1n) is 12.7. The molecule has 1 fully saturated rings. The van der Waals surface area contributed by atoms with Gasteiger partial charge in [-0.25, -0.2) is 9.97 Å². The van der Waals surface area contributed by atoms with E-state index >= 15 is 0 Å². The van der Waals surface area contributed by atoms with Crippen LogP contribution in [0.1, 0.15) is 34.3 Å². The second kappa shape index (κ2) is 11.6. The van der Waals surface area contributed by atoms with Crippen molar-refractivity contribution in [2.24, 2.45) is 0 Å². The second-order valence-electron chi connectivity index (χ2n) is 9.35. The van der Waals surface area contributed by atoms with Gasteiger partial charge >= 0.3 is 11.9 Å². The van der Waals surface area contributed by atoms with Gasteiger partial charge in [-0.3, -0.25) is 14.9 Å². The Hall–Kier alpha value is -5.00. The number of carbonyl (C=O) groups excluding carboxylic acids is 1. The Morgan fingerprint density at radius 3 is 2.22 bits per heavy atom. The van der Waals surface area contributed by atoms with Crippen LogP contribution < -0.4 is 15.0 Å². The number of piperidine rings is 1. The van der Waals surface area contributed by atoms with E-state index < -0.39 is 22.8 Å². The number of carbonyl (C=O) groups is 1. The molecule has 0 aliphatic carbocycles. The third-order valence-corrected chi connectivity index (χ3v) is 6.66. The Kier molecular flexibility index (Phi) is 7.81. The number of nitrogens with zero attached hydrogens (tertiary/aromatic N) is 4. The summed E-state index contributed by atoms with van der Waals surface area (Å²) < 4.78 is 45.7. The topological polar surface area (TPSA) is 110 Å². The maximum atomic E-state index is 13.3. The monoisotopic (exact) mass is 563 g/mol. The molecule has 5 rings (SSSR count). The molecule has 1 N–H and O–H groups in total. The van der Waals surface area contributed by atoms with Gasteiger partial charge in [0.05, 0.1) is 10.5 Å². The number of rotatable bonds is 8. The molecular weight excluding hydrogens is 539 g/mol. The number of alkyl halides is 3. The molecule has 4 aromatic rings. The number of anilines is 3. The molecule has 0 radical (unpaired) electrons. The van der Waals surface area contributed by atoms with Crippen molar-refractivity contribution < 1.29 is 27.6 Å². The molecule has 1 aromatic heterocycles. The van der Waals surface area contributed by atoms with Crippen molar-refractivity contribution in [2.45, 2.75) is 25.1 Å². The Labute approximate surface area is 232 Å². The summed E-state index contributed by atoms with van der Waals surface area (Å²) in [6.45, 7) is 0.568. The minimum atomic E-state index is -4.54. The average Bonchev–Trinajstić information content (AvgIpc) is 2.97. The highest BCUT2D eigenvalue weighted by Crippen LogP contribution is 2.38. The van der Waals surface area contributed by atoms with Gasteiger partial charge in [-0.1, -0.05) is 42.5 Å². The van der Waals surface area contributed by atoms with E-state index in [9.17, 15) is 28.1 Å². The Bertz CT molecular complexity index is 1540. The molecule has 1 aliphatic rings. The van der Waals surface area contributed by atoms with Gasteiger partial charge in [0, 0.05) is 42.7 Å². The van der Waals surface area contributed by atoms with E-state index in [1.165, 1.54) is 24.5 Å². The first kappa shape index (κ1) is 27.6. The minimum Gasteiger partial charge on any atom is -0.490 e. The number of nitrogens with one attached hydrogen (secondary N) is 1. The first-order chi connectivity index (χ1) is 19.7. The van der Waals surface area contributed by atoms with E-state index in [-0.39, 0.29) is 41.9 Å². The van der Waals surface area contributed by atoms with Crippen LogP contribution in [0.5, 0.6) is 5.75 Å². The summed E-state index contributed by atoms with van der Waals surface area (Å²) in [5, 5.41) is 15.0. The molecule has 0 saturated carbocycles. The highest BCUT2D eigenvalue weighted by Gasteiger charge is 2.36. The highest BCUT2D eigenvalue weighted by atomic mass is 19.4. The number of para-hydroxylation sites is 1. The zero-order valence-corrected chi connectivity index (χ0v) is 21.5. The Morgan fingerprint density at radius 2 is 1.56 bits per heavy atom. The zero-order valence-electron chi connectivity index (χ0n) is 21.5. The van der Waals surface area contributed by atoms with Crippen molar-refractivity contribution in [1.29, 1.82) is 0 Å². The number of ketones is 1. The largest absolute Gasteiger partial charge is 0.490 e. The van der Waals surface area contributed by atoms with Crippen LogP contribution in [-0.4, -0.2) is 39.9 Å². The van der Waals surface area contributed by atoms with Gasteiger partial charge < -0.3 is 15.0 Å². The molecule has 41 heavy (non-hydrogen) atoms. The van der Waals surface area contributed by atoms with Crippen molar-refractivity contribution in [2.75, 3.05) is 23.3 Å². The fourth-order valence-electron chi connectivity index (χ4n) is 4.63. The maximum absolute atomic E-state index is 13.3. The molecule has 0 bridgehead atoms. The van der Waals surface area contributed by atoms with Crippen LogP contribution >= 0.6 is 0 Å². The Balaban J connectivity index is 1.29. The molecule has 0 atom stereocenters. The number of hydrogen-bond donors (Lipinski definition) is 1. The third kappa shape index (κ3) is 6.26. The minimum absolute atomic E-state index is 0.0281. The standard InChI is InChI=1S/C29H24F3N5O4/c30-29(31,32)23-8-4-5-9-24(23)41-22-14-16-36(17-15-22)28-25(37(39)40)27(33-18-34-28)35-21-12-10-20(11-13-21)26(38)19-6-2-1-3-7-19/h1-13,18,22H,14-17H2,(H,33,34,35). The van der Waals surface area contributed by atoms with Gasteiger partial charge in [0.1, 0.15) is 18.2 Å². The summed E-state index contributed by atoms with van der Waals surface area (Å²) in [6.07, 6.45) is -3.15. The van der Waals surface area contributed by atoms with Crippen LogP contribution in [-0.2, 0) is 6.18 Å². The van der Waals surface area contributed by atoms with Crippen LogP contribution in [0.15, 0.2) is 85.2 Å². The second-order valence-corrected chi connectivity index (χ2v) is 9.35. The number of aromatic nitrogens is 2. The van der Waals surface area contributed by atoms with Crippen molar-refractivity contribution >= 4 is 28.8 Å². The zero-order chi connectivity index (χ0) is 29.0. The lowest BCUT2D eigenvalue weighted by Gasteiger charge is -2.33. The molecule has 3 aromatic carbocycles. The average molecular weight is 564 g/mol. The summed E-state index contributed by atoms with van der Waals surface area (Å²) in [5.41, 5.74) is 0.309. The summed E-state index contributed by atoms with van der Waals surface area (Å²) >= 11 is 0. The smallest absolute Gasteiger partial charge is 0.419 e. The van der Waals surface area contributed by atoms with Crippen molar-refractivity contribution in [3.05, 3.63) is 112 Å². The molecule has 9 nitrogen and oxygen atoms in total.